The maximum atomic E-state index is 7.78. The summed E-state index contributed by atoms with van der Waals surface area (Å²) < 4.78 is 0. The summed E-state index contributed by atoms with van der Waals surface area (Å²) in [6.07, 6.45) is 7.47. The number of hydrogen-bond donors (Lipinski definition) is 1. The zero-order valence-electron chi connectivity index (χ0n) is 8.66. The molecule has 1 N–H and O–H groups in total. The standard InChI is InChI=1S/C13H17N/c1-2-3-4-8-11-13(14)12-9-6-5-7-10-12/h5-11,14H,2-4H2,1H3/b11-8-,14-13?. The normalized spacial score (nSPS) is 10.6. The highest BCUT2D eigenvalue weighted by Gasteiger charge is 1.93. The maximum absolute atomic E-state index is 7.78. The molecule has 0 saturated carbocycles. The van der Waals surface area contributed by atoms with Gasteiger partial charge in [0.2, 0.25) is 0 Å². The maximum Gasteiger partial charge on any atom is 0.0609 e. The van der Waals surface area contributed by atoms with Gasteiger partial charge in [0.1, 0.15) is 0 Å². The molecule has 0 spiro atoms. The molecule has 14 heavy (non-hydrogen) atoms. The Kier molecular flexibility index (Phi) is 4.70. The molecule has 0 fully saturated rings. The second-order valence-electron chi connectivity index (χ2n) is 3.32. The highest BCUT2D eigenvalue weighted by atomic mass is 14.4. The van der Waals surface area contributed by atoms with Crippen LogP contribution in [0.3, 0.4) is 0 Å². The molecule has 74 valence electrons. The Labute approximate surface area is 86.0 Å². The van der Waals surface area contributed by atoms with E-state index in [1.54, 1.807) is 0 Å². The van der Waals surface area contributed by atoms with Crippen molar-refractivity contribution in [3.05, 3.63) is 48.0 Å². The van der Waals surface area contributed by atoms with Gasteiger partial charge in [-0.25, -0.2) is 0 Å². The molecule has 0 bridgehead atoms. The molecular formula is C13H17N. The van der Waals surface area contributed by atoms with Crippen molar-refractivity contribution in [2.24, 2.45) is 0 Å². The van der Waals surface area contributed by atoms with Crippen molar-refractivity contribution in [2.45, 2.75) is 26.2 Å². The molecule has 1 nitrogen and oxygen atoms in total. The third kappa shape index (κ3) is 3.56. The van der Waals surface area contributed by atoms with Gasteiger partial charge < -0.3 is 5.41 Å². The van der Waals surface area contributed by atoms with E-state index in [1.165, 1.54) is 12.8 Å². The molecule has 1 aromatic rings. The molecule has 0 aliphatic heterocycles. The van der Waals surface area contributed by atoms with Crippen LogP contribution in [-0.2, 0) is 0 Å². The van der Waals surface area contributed by atoms with Crippen molar-refractivity contribution in [3.8, 4) is 0 Å². The Hall–Kier alpha value is -1.37. The summed E-state index contributed by atoms with van der Waals surface area (Å²) >= 11 is 0. The lowest BCUT2D eigenvalue weighted by atomic mass is 10.1. The van der Waals surface area contributed by atoms with E-state index < -0.39 is 0 Å². The second-order valence-corrected chi connectivity index (χ2v) is 3.32. The van der Waals surface area contributed by atoms with Gasteiger partial charge in [0.25, 0.3) is 0 Å². The van der Waals surface area contributed by atoms with Gasteiger partial charge in [0.05, 0.1) is 5.71 Å². The van der Waals surface area contributed by atoms with Crippen LogP contribution in [0.5, 0.6) is 0 Å². The van der Waals surface area contributed by atoms with Gasteiger partial charge in [-0.15, -0.1) is 0 Å². The van der Waals surface area contributed by atoms with Crippen LogP contribution in [0.25, 0.3) is 0 Å². The van der Waals surface area contributed by atoms with Crippen LogP contribution >= 0.6 is 0 Å². The Balaban J connectivity index is 2.47. The molecule has 0 radical (unpaired) electrons. The summed E-state index contributed by atoms with van der Waals surface area (Å²) in [6.45, 7) is 2.18. The van der Waals surface area contributed by atoms with E-state index in [9.17, 15) is 0 Å². The van der Waals surface area contributed by atoms with Crippen LogP contribution in [0.15, 0.2) is 42.5 Å². The van der Waals surface area contributed by atoms with Gasteiger partial charge in [-0.3, -0.25) is 0 Å². The summed E-state index contributed by atoms with van der Waals surface area (Å²) in [5, 5.41) is 7.78. The minimum Gasteiger partial charge on any atom is -0.300 e. The zero-order valence-corrected chi connectivity index (χ0v) is 8.66. The molecule has 0 unspecified atom stereocenters. The molecule has 1 heteroatoms. The highest BCUT2D eigenvalue weighted by molar-refractivity contribution is 6.06. The van der Waals surface area contributed by atoms with Gasteiger partial charge in [0, 0.05) is 0 Å². The Morgan fingerprint density at radius 1 is 1.29 bits per heavy atom. The van der Waals surface area contributed by atoms with Gasteiger partial charge in [-0.1, -0.05) is 56.2 Å². The minimum absolute atomic E-state index is 0.599. The van der Waals surface area contributed by atoms with Crippen molar-refractivity contribution in [3.63, 3.8) is 0 Å². The van der Waals surface area contributed by atoms with Crippen molar-refractivity contribution in [2.75, 3.05) is 0 Å². The van der Waals surface area contributed by atoms with Gasteiger partial charge >= 0.3 is 0 Å². The largest absolute Gasteiger partial charge is 0.300 e. The number of nitrogens with one attached hydrogen (secondary N) is 1. The van der Waals surface area contributed by atoms with E-state index in [0.29, 0.717) is 5.71 Å². The predicted molar refractivity (Wildman–Crippen MR) is 61.9 cm³/mol. The fraction of sp³-hybridized carbons (Fsp3) is 0.308. The van der Waals surface area contributed by atoms with E-state index in [1.807, 2.05) is 36.4 Å². The SMILES string of the molecule is CCCC/C=C\C(=N)c1ccccc1. The number of hydrogen-bond acceptors (Lipinski definition) is 1. The molecule has 1 rings (SSSR count). The Bertz CT molecular complexity index is 298. The molecule has 0 saturated heterocycles. The van der Waals surface area contributed by atoms with E-state index in [0.717, 1.165) is 12.0 Å². The van der Waals surface area contributed by atoms with Crippen LogP contribution in [0, 0.1) is 5.41 Å². The van der Waals surface area contributed by atoms with Gasteiger partial charge in [0.15, 0.2) is 0 Å². The molecule has 1 aromatic carbocycles. The minimum atomic E-state index is 0.599. The van der Waals surface area contributed by atoms with E-state index >= 15 is 0 Å². The fourth-order valence-corrected chi connectivity index (χ4v) is 1.24. The second kappa shape index (κ2) is 6.14. The lowest BCUT2D eigenvalue weighted by Crippen LogP contribution is -1.92. The molecular weight excluding hydrogens is 170 g/mol. The van der Waals surface area contributed by atoms with Crippen LogP contribution in [0.1, 0.15) is 31.7 Å². The van der Waals surface area contributed by atoms with Crippen molar-refractivity contribution in [1.82, 2.24) is 0 Å². The highest BCUT2D eigenvalue weighted by Crippen LogP contribution is 2.02. The summed E-state index contributed by atoms with van der Waals surface area (Å²) in [4.78, 5) is 0. The molecule has 0 aliphatic rings. The number of rotatable bonds is 5. The van der Waals surface area contributed by atoms with Crippen LogP contribution in [-0.4, -0.2) is 5.71 Å². The van der Waals surface area contributed by atoms with E-state index in [-0.39, 0.29) is 0 Å². The van der Waals surface area contributed by atoms with Crippen LogP contribution in [0.2, 0.25) is 0 Å². The first-order chi connectivity index (χ1) is 6.84. The quantitative estimate of drug-likeness (QED) is 0.535. The zero-order chi connectivity index (χ0) is 10.2. The summed E-state index contributed by atoms with van der Waals surface area (Å²) in [5.74, 6) is 0. The number of unbranched alkanes of at least 4 members (excludes halogenated alkanes) is 2. The van der Waals surface area contributed by atoms with E-state index in [2.05, 4.69) is 13.0 Å². The fourth-order valence-electron chi connectivity index (χ4n) is 1.24. The molecule has 0 aromatic heterocycles. The topological polar surface area (TPSA) is 23.9 Å². The van der Waals surface area contributed by atoms with E-state index in [4.69, 9.17) is 5.41 Å². The van der Waals surface area contributed by atoms with Crippen molar-refractivity contribution < 1.29 is 0 Å². The molecule has 0 aliphatic carbocycles. The lowest BCUT2D eigenvalue weighted by molar-refractivity contribution is 0.815. The third-order valence-electron chi connectivity index (χ3n) is 2.09. The lowest BCUT2D eigenvalue weighted by Gasteiger charge is -1.96. The number of benzene rings is 1. The summed E-state index contributed by atoms with van der Waals surface area (Å²) in [5.41, 5.74) is 1.59. The molecule has 0 heterocycles. The molecule has 0 atom stereocenters. The average molecular weight is 187 g/mol. The predicted octanol–water partition coefficient (Wildman–Crippen LogP) is 3.80. The van der Waals surface area contributed by atoms with Gasteiger partial charge in [-0.05, 0) is 18.1 Å². The van der Waals surface area contributed by atoms with Gasteiger partial charge in [-0.2, -0.15) is 0 Å². The molecule has 0 amide bonds. The number of allylic oxidation sites excluding steroid dienone is 2. The van der Waals surface area contributed by atoms with Crippen LogP contribution in [0.4, 0.5) is 0 Å². The Morgan fingerprint density at radius 3 is 2.64 bits per heavy atom. The van der Waals surface area contributed by atoms with Crippen molar-refractivity contribution in [1.29, 1.82) is 5.41 Å². The Morgan fingerprint density at radius 2 is 2.00 bits per heavy atom. The van der Waals surface area contributed by atoms with Crippen molar-refractivity contribution >= 4 is 5.71 Å². The smallest absolute Gasteiger partial charge is 0.0609 e. The summed E-state index contributed by atoms with van der Waals surface area (Å²) in [7, 11) is 0. The van der Waals surface area contributed by atoms with Crippen LogP contribution < -0.4 is 0 Å². The first kappa shape index (κ1) is 10.7. The monoisotopic (exact) mass is 187 g/mol. The first-order valence-electron chi connectivity index (χ1n) is 5.15. The average Bonchev–Trinajstić information content (AvgIpc) is 2.25. The third-order valence-corrected chi connectivity index (χ3v) is 2.09. The first-order valence-corrected chi connectivity index (χ1v) is 5.15. The summed E-state index contributed by atoms with van der Waals surface area (Å²) in [6, 6.07) is 9.82.